The van der Waals surface area contributed by atoms with Gasteiger partial charge in [-0.15, -0.1) is 0 Å². The van der Waals surface area contributed by atoms with Crippen LogP contribution >= 0.6 is 0 Å². The zero-order valence-corrected chi connectivity index (χ0v) is 35.8. The molecule has 0 spiro atoms. The van der Waals surface area contributed by atoms with Gasteiger partial charge in [0.1, 0.15) is 22.5 Å². The molecule has 0 fully saturated rings. The SMILES string of the molecule is Cc1ccc2c(c1)c1cc(C)ccc1n2-c1c(-c2ccccc2)cc(-c2nc(-c3ccc4c5c(oc4c3)CCC=C5)nc(-c3ccc4c(c3)oc3ccccc34)n2)cc1-c1ccccc1. The van der Waals surface area contributed by atoms with Crippen LogP contribution < -0.4 is 0 Å². The van der Waals surface area contributed by atoms with Crippen molar-refractivity contribution in [2.75, 3.05) is 0 Å². The third-order valence-electron chi connectivity index (χ3n) is 13.0. The minimum Gasteiger partial charge on any atom is -0.460 e. The van der Waals surface area contributed by atoms with Crippen LogP contribution in [0.15, 0.2) is 185 Å². The molecule has 308 valence electrons. The monoisotopic (exact) mass is 836 g/mol. The molecular formula is C59H40N4O2. The molecule has 8 aromatic carbocycles. The number of benzene rings is 8. The lowest BCUT2D eigenvalue weighted by Gasteiger charge is -2.21. The maximum atomic E-state index is 6.47. The van der Waals surface area contributed by atoms with Gasteiger partial charge >= 0.3 is 0 Å². The van der Waals surface area contributed by atoms with Gasteiger partial charge in [0, 0.05) is 66.7 Å². The summed E-state index contributed by atoms with van der Waals surface area (Å²) < 4.78 is 15.3. The van der Waals surface area contributed by atoms with Gasteiger partial charge in [-0.25, -0.2) is 15.0 Å². The van der Waals surface area contributed by atoms with Crippen LogP contribution in [-0.2, 0) is 6.42 Å². The average Bonchev–Trinajstić information content (AvgIpc) is 4.02. The van der Waals surface area contributed by atoms with Crippen molar-refractivity contribution in [3.63, 3.8) is 0 Å². The maximum Gasteiger partial charge on any atom is 0.164 e. The lowest BCUT2D eigenvalue weighted by atomic mass is 9.92. The Kier molecular flexibility index (Phi) is 8.37. The van der Waals surface area contributed by atoms with E-state index < -0.39 is 0 Å². The topological polar surface area (TPSA) is 69.9 Å². The number of para-hydroxylation sites is 1. The highest BCUT2D eigenvalue weighted by Crippen LogP contribution is 2.44. The molecule has 0 atom stereocenters. The molecule has 4 aromatic heterocycles. The van der Waals surface area contributed by atoms with Crippen LogP contribution in [0.1, 0.15) is 28.9 Å². The number of allylic oxidation sites excluding steroid dienone is 1. The molecule has 4 heterocycles. The van der Waals surface area contributed by atoms with E-state index in [2.05, 4.69) is 176 Å². The molecule has 1 aliphatic rings. The predicted molar refractivity (Wildman–Crippen MR) is 265 cm³/mol. The average molecular weight is 837 g/mol. The first kappa shape index (κ1) is 37.2. The Balaban J connectivity index is 1.10. The van der Waals surface area contributed by atoms with Crippen molar-refractivity contribution in [3.05, 3.63) is 198 Å². The van der Waals surface area contributed by atoms with Crippen LogP contribution in [0.2, 0.25) is 0 Å². The van der Waals surface area contributed by atoms with Crippen LogP contribution in [0.25, 0.3) is 123 Å². The molecule has 6 nitrogen and oxygen atoms in total. The summed E-state index contributed by atoms with van der Waals surface area (Å²) in [5, 5.41) is 5.67. The molecule has 0 radical (unpaired) electrons. The van der Waals surface area contributed by atoms with Crippen molar-refractivity contribution in [3.8, 4) is 62.1 Å². The van der Waals surface area contributed by atoms with Crippen LogP contribution in [0.3, 0.4) is 0 Å². The fourth-order valence-electron chi connectivity index (χ4n) is 9.89. The second-order valence-corrected chi connectivity index (χ2v) is 17.2. The molecule has 0 bridgehead atoms. The molecular weight excluding hydrogens is 797 g/mol. The van der Waals surface area contributed by atoms with E-state index in [9.17, 15) is 0 Å². The van der Waals surface area contributed by atoms with Gasteiger partial charge in [-0.1, -0.05) is 126 Å². The molecule has 0 aliphatic heterocycles. The second kappa shape index (κ2) is 14.6. The van der Waals surface area contributed by atoms with Crippen LogP contribution in [0.4, 0.5) is 0 Å². The van der Waals surface area contributed by atoms with E-state index in [1.807, 2.05) is 24.3 Å². The smallest absolute Gasteiger partial charge is 0.164 e. The molecule has 0 unspecified atom stereocenters. The number of rotatable bonds is 6. The van der Waals surface area contributed by atoms with Crippen molar-refractivity contribution >= 4 is 60.8 Å². The van der Waals surface area contributed by atoms with Gasteiger partial charge in [0.05, 0.1) is 16.7 Å². The third-order valence-corrected chi connectivity index (χ3v) is 13.0. The number of nitrogens with zero attached hydrogens (tertiary/aromatic N) is 4. The predicted octanol–water partition coefficient (Wildman–Crippen LogP) is 15.5. The minimum absolute atomic E-state index is 0.550. The first-order chi connectivity index (χ1) is 32.0. The van der Waals surface area contributed by atoms with Crippen LogP contribution in [-0.4, -0.2) is 19.5 Å². The zero-order valence-electron chi connectivity index (χ0n) is 35.8. The summed E-state index contributed by atoms with van der Waals surface area (Å²) in [6, 6.07) is 60.2. The molecule has 0 saturated carbocycles. The lowest BCUT2D eigenvalue weighted by Crippen LogP contribution is -2.04. The first-order valence-electron chi connectivity index (χ1n) is 22.2. The summed E-state index contributed by atoms with van der Waals surface area (Å²) in [6.07, 6.45) is 6.26. The molecule has 12 aromatic rings. The van der Waals surface area contributed by atoms with Crippen molar-refractivity contribution in [1.29, 1.82) is 0 Å². The van der Waals surface area contributed by atoms with Gasteiger partial charge in [0.25, 0.3) is 0 Å². The number of hydrogen-bond acceptors (Lipinski definition) is 5. The first-order valence-corrected chi connectivity index (χ1v) is 22.2. The highest BCUT2D eigenvalue weighted by atomic mass is 16.3. The quantitative estimate of drug-likeness (QED) is 0.167. The maximum absolute atomic E-state index is 6.47. The summed E-state index contributed by atoms with van der Waals surface area (Å²) >= 11 is 0. The largest absolute Gasteiger partial charge is 0.460 e. The summed E-state index contributed by atoms with van der Waals surface area (Å²) in [5.74, 6) is 2.69. The highest BCUT2D eigenvalue weighted by Gasteiger charge is 2.24. The Labute approximate surface area is 374 Å². The molecule has 13 rings (SSSR count). The minimum atomic E-state index is 0.550. The van der Waals surface area contributed by atoms with Crippen LogP contribution in [0, 0.1) is 13.8 Å². The Morgan fingerprint density at radius 2 is 0.969 bits per heavy atom. The molecule has 0 saturated heterocycles. The Bertz CT molecular complexity index is 3790. The summed E-state index contributed by atoms with van der Waals surface area (Å²) in [6.45, 7) is 4.34. The summed E-state index contributed by atoms with van der Waals surface area (Å²) in [4.78, 5) is 15.9. The van der Waals surface area contributed by atoms with E-state index in [0.717, 1.165) is 113 Å². The van der Waals surface area contributed by atoms with Gasteiger partial charge in [-0.2, -0.15) is 0 Å². The van der Waals surface area contributed by atoms with E-state index in [1.54, 1.807) is 0 Å². The number of aromatic nitrogens is 4. The third kappa shape index (κ3) is 6.13. The van der Waals surface area contributed by atoms with Crippen molar-refractivity contribution in [2.24, 2.45) is 0 Å². The number of aryl methyl sites for hydroxylation is 3. The Hall–Kier alpha value is -8.35. The Morgan fingerprint density at radius 1 is 0.431 bits per heavy atom. The van der Waals surface area contributed by atoms with Gasteiger partial charge in [0.15, 0.2) is 17.5 Å². The van der Waals surface area contributed by atoms with E-state index in [4.69, 9.17) is 23.8 Å². The Morgan fingerprint density at radius 3 is 1.60 bits per heavy atom. The van der Waals surface area contributed by atoms with E-state index >= 15 is 0 Å². The molecule has 0 N–H and O–H groups in total. The number of hydrogen-bond donors (Lipinski definition) is 0. The zero-order chi connectivity index (χ0) is 43.2. The van der Waals surface area contributed by atoms with Gasteiger partial charge in [0.2, 0.25) is 0 Å². The second-order valence-electron chi connectivity index (χ2n) is 17.2. The number of fused-ring (bicyclic) bond motifs is 9. The molecule has 65 heavy (non-hydrogen) atoms. The summed E-state index contributed by atoms with van der Waals surface area (Å²) in [5.41, 5.74) is 16.3. The molecule has 1 aliphatic carbocycles. The van der Waals surface area contributed by atoms with Gasteiger partial charge in [-0.05, 0) is 98.1 Å². The van der Waals surface area contributed by atoms with Crippen molar-refractivity contribution in [1.82, 2.24) is 19.5 Å². The van der Waals surface area contributed by atoms with Crippen molar-refractivity contribution < 1.29 is 8.83 Å². The summed E-state index contributed by atoms with van der Waals surface area (Å²) in [7, 11) is 0. The van der Waals surface area contributed by atoms with Crippen LogP contribution in [0.5, 0.6) is 0 Å². The molecule has 6 heteroatoms. The van der Waals surface area contributed by atoms with E-state index in [-0.39, 0.29) is 0 Å². The standard InChI is InChI=1S/C59H40N4O2/c1-35-21-27-50-48(29-35)49-30-36(2)22-28-51(49)63(50)56-46(37-13-5-3-6-14-37)31-41(32-47(56)38-15-7-4-8-16-38)59-61-57(39-23-25-44-42-17-9-11-19-52(42)64-54(44)33-39)60-58(62-59)40-24-26-45-43-18-10-12-20-53(43)65-55(45)34-40/h3-11,13-19,21-34H,12,20H2,1-2H3. The normalized spacial score (nSPS) is 12.6. The fraction of sp³-hybridized carbons (Fsp3) is 0.0678. The fourth-order valence-corrected chi connectivity index (χ4v) is 9.89. The number of furan rings is 2. The molecule has 0 amide bonds. The van der Waals surface area contributed by atoms with Gasteiger partial charge in [-0.3, -0.25) is 0 Å². The van der Waals surface area contributed by atoms with Crippen molar-refractivity contribution in [2.45, 2.75) is 26.7 Å². The van der Waals surface area contributed by atoms with E-state index in [0.29, 0.717) is 17.5 Å². The highest BCUT2D eigenvalue weighted by molar-refractivity contribution is 6.11. The lowest BCUT2D eigenvalue weighted by molar-refractivity contribution is 0.546. The van der Waals surface area contributed by atoms with Gasteiger partial charge < -0.3 is 13.4 Å². The van der Waals surface area contributed by atoms with E-state index in [1.165, 1.54) is 21.9 Å².